The molecule has 0 saturated heterocycles. The second kappa shape index (κ2) is 12.5. The molecule has 0 saturated carbocycles. The van der Waals surface area contributed by atoms with Crippen LogP contribution in [0.15, 0.2) is 182 Å². The van der Waals surface area contributed by atoms with Crippen molar-refractivity contribution < 1.29 is 0 Å². The molecule has 4 nitrogen and oxygen atoms in total. The number of rotatable bonds is 5. The van der Waals surface area contributed by atoms with E-state index >= 15 is 0 Å². The van der Waals surface area contributed by atoms with E-state index in [2.05, 4.69) is 177 Å². The molecule has 0 radical (unpaired) electrons. The van der Waals surface area contributed by atoms with Crippen LogP contribution in [0.1, 0.15) is 0 Å². The maximum absolute atomic E-state index is 7.95. The fourth-order valence-corrected chi connectivity index (χ4v) is 8.05. The molecule has 250 valence electrons. The Hall–Kier alpha value is -7.66. The van der Waals surface area contributed by atoms with Gasteiger partial charge in [0.15, 0.2) is 11.4 Å². The normalized spacial score (nSPS) is 11.3. The fourth-order valence-electron chi connectivity index (χ4n) is 8.05. The first-order valence-electron chi connectivity index (χ1n) is 17.9. The lowest BCUT2D eigenvalue weighted by Crippen LogP contribution is -2.00. The Kier molecular flexibility index (Phi) is 7.22. The second-order valence-electron chi connectivity index (χ2n) is 13.5. The van der Waals surface area contributed by atoms with Crippen molar-refractivity contribution in [2.75, 3.05) is 0 Å². The van der Waals surface area contributed by atoms with E-state index in [0.717, 1.165) is 77.2 Å². The number of hydrogen-bond donors (Lipinski definition) is 0. The van der Waals surface area contributed by atoms with Crippen molar-refractivity contribution >= 4 is 55.0 Å². The van der Waals surface area contributed by atoms with Gasteiger partial charge in [-0.2, -0.15) is 0 Å². The minimum absolute atomic E-state index is 0.350. The third-order valence-corrected chi connectivity index (χ3v) is 10.6. The molecule has 10 rings (SSSR count). The van der Waals surface area contributed by atoms with Crippen LogP contribution in [0.5, 0.6) is 0 Å². The zero-order valence-electron chi connectivity index (χ0n) is 29.1. The van der Waals surface area contributed by atoms with Crippen molar-refractivity contribution in [3.8, 4) is 44.8 Å². The van der Waals surface area contributed by atoms with Gasteiger partial charge in [-0.3, -0.25) is 9.69 Å². The SMILES string of the molecule is [C-]#[N+]c1ccc(-c2cc3c4ccccc4n(-c4ccccc4)c3cc2-n2c3ccc(-c4ccccc4)cc3c3cc(-c4ccccc4)ccc32)cc1[N+]#[C-]. The molecule has 0 unspecified atom stereocenters. The molecule has 0 aliphatic heterocycles. The average molecular weight is 687 g/mol. The van der Waals surface area contributed by atoms with Gasteiger partial charge in [0.1, 0.15) is 0 Å². The molecule has 0 aliphatic carbocycles. The maximum Gasteiger partial charge on any atom is 0.195 e. The van der Waals surface area contributed by atoms with Gasteiger partial charge in [0.25, 0.3) is 0 Å². The van der Waals surface area contributed by atoms with E-state index in [9.17, 15) is 0 Å². The predicted molar refractivity (Wildman–Crippen MR) is 224 cm³/mol. The summed E-state index contributed by atoms with van der Waals surface area (Å²) in [5, 5.41) is 4.58. The Morgan fingerprint density at radius 1 is 0.333 bits per heavy atom. The minimum atomic E-state index is 0.350. The average Bonchev–Trinajstić information content (AvgIpc) is 3.75. The van der Waals surface area contributed by atoms with E-state index < -0.39 is 0 Å². The van der Waals surface area contributed by atoms with E-state index in [1.807, 2.05) is 18.2 Å². The van der Waals surface area contributed by atoms with Gasteiger partial charge in [-0.05, 0) is 82.4 Å². The highest BCUT2D eigenvalue weighted by Crippen LogP contribution is 2.44. The van der Waals surface area contributed by atoms with Gasteiger partial charge in [-0.15, -0.1) is 0 Å². The maximum atomic E-state index is 7.95. The summed E-state index contributed by atoms with van der Waals surface area (Å²) in [5.41, 5.74) is 13.7. The third-order valence-electron chi connectivity index (χ3n) is 10.6. The van der Waals surface area contributed by atoms with E-state index in [0.29, 0.717) is 11.4 Å². The Balaban J connectivity index is 1.35. The number of nitrogens with zero attached hydrogens (tertiary/aromatic N) is 4. The number of aromatic nitrogens is 2. The van der Waals surface area contributed by atoms with Crippen molar-refractivity contribution in [2.45, 2.75) is 0 Å². The van der Waals surface area contributed by atoms with Gasteiger partial charge in [-0.1, -0.05) is 127 Å². The molecule has 0 atom stereocenters. The van der Waals surface area contributed by atoms with Gasteiger partial charge in [-0.25, -0.2) is 0 Å². The molecular weight excluding hydrogens is 657 g/mol. The van der Waals surface area contributed by atoms with Gasteiger partial charge in [0.05, 0.1) is 40.9 Å². The summed E-state index contributed by atoms with van der Waals surface area (Å²) in [6, 6.07) is 63.9. The predicted octanol–water partition coefficient (Wildman–Crippen LogP) is 14.0. The van der Waals surface area contributed by atoms with E-state index in [1.54, 1.807) is 6.07 Å². The molecule has 0 aliphatic rings. The van der Waals surface area contributed by atoms with Crippen LogP contribution in [0.3, 0.4) is 0 Å². The molecule has 0 N–H and O–H groups in total. The smallest absolute Gasteiger partial charge is 0.195 e. The summed E-state index contributed by atoms with van der Waals surface area (Å²) in [6.07, 6.45) is 0. The lowest BCUT2D eigenvalue weighted by Gasteiger charge is -2.17. The quantitative estimate of drug-likeness (QED) is 0.161. The van der Waals surface area contributed by atoms with Gasteiger partial charge < -0.3 is 9.13 Å². The van der Waals surface area contributed by atoms with E-state index in [4.69, 9.17) is 13.1 Å². The van der Waals surface area contributed by atoms with Crippen LogP contribution < -0.4 is 0 Å². The molecule has 0 amide bonds. The van der Waals surface area contributed by atoms with Gasteiger partial charge in [0, 0.05) is 32.8 Å². The van der Waals surface area contributed by atoms with Crippen molar-refractivity contribution in [1.29, 1.82) is 0 Å². The van der Waals surface area contributed by atoms with Gasteiger partial charge >= 0.3 is 0 Å². The summed E-state index contributed by atoms with van der Waals surface area (Å²) in [4.78, 5) is 7.43. The monoisotopic (exact) mass is 686 g/mol. The lowest BCUT2D eigenvalue weighted by molar-refractivity contribution is 1.16. The molecule has 0 spiro atoms. The van der Waals surface area contributed by atoms with Crippen molar-refractivity contribution in [3.05, 3.63) is 205 Å². The Morgan fingerprint density at radius 3 is 1.46 bits per heavy atom. The van der Waals surface area contributed by atoms with Gasteiger partial charge in [0.2, 0.25) is 0 Å². The summed E-state index contributed by atoms with van der Waals surface area (Å²) in [6.45, 7) is 15.7. The van der Waals surface area contributed by atoms with Crippen LogP contribution in [0.25, 0.3) is 98.1 Å². The highest BCUT2D eigenvalue weighted by Gasteiger charge is 2.22. The zero-order valence-corrected chi connectivity index (χ0v) is 29.1. The summed E-state index contributed by atoms with van der Waals surface area (Å²) >= 11 is 0. The highest BCUT2D eigenvalue weighted by atomic mass is 15.0. The largest absolute Gasteiger partial charge is 0.309 e. The molecule has 2 heterocycles. The van der Waals surface area contributed by atoms with Crippen LogP contribution in [0, 0.1) is 13.1 Å². The standard InChI is InChI=1S/C50H30N4/c1-51-44-25-22-37(30-45(44)52-2)40-31-43-39-20-12-13-21-46(39)53(38-18-10-5-11-19-38)50(43)32-49(40)54-47-26-23-35(33-14-6-3-7-15-33)28-41(47)42-29-36(24-27-48(42)54)34-16-8-4-9-17-34/h3-32H. The zero-order chi connectivity index (χ0) is 36.2. The molecule has 0 bridgehead atoms. The van der Waals surface area contributed by atoms with Crippen molar-refractivity contribution in [1.82, 2.24) is 9.13 Å². The number of benzene rings is 8. The van der Waals surface area contributed by atoms with E-state index in [-0.39, 0.29) is 0 Å². The summed E-state index contributed by atoms with van der Waals surface area (Å²) < 4.78 is 4.73. The van der Waals surface area contributed by atoms with Crippen LogP contribution >= 0.6 is 0 Å². The molecule has 8 aromatic carbocycles. The molecule has 0 fully saturated rings. The second-order valence-corrected chi connectivity index (χ2v) is 13.5. The molecule has 4 heteroatoms. The molecule has 2 aromatic heterocycles. The first kappa shape index (κ1) is 31.1. The Bertz CT molecular complexity index is 3060. The number of fused-ring (bicyclic) bond motifs is 6. The highest BCUT2D eigenvalue weighted by molar-refractivity contribution is 6.15. The topological polar surface area (TPSA) is 18.6 Å². The number of para-hydroxylation sites is 2. The molecule has 54 heavy (non-hydrogen) atoms. The van der Waals surface area contributed by atoms with Crippen molar-refractivity contribution in [2.24, 2.45) is 0 Å². The first-order chi connectivity index (χ1) is 26.7. The van der Waals surface area contributed by atoms with Crippen LogP contribution in [0.2, 0.25) is 0 Å². The third kappa shape index (κ3) is 4.90. The summed E-state index contributed by atoms with van der Waals surface area (Å²) in [7, 11) is 0. The first-order valence-corrected chi connectivity index (χ1v) is 17.9. The minimum Gasteiger partial charge on any atom is -0.309 e. The molecule has 10 aromatic rings. The van der Waals surface area contributed by atoms with E-state index in [1.165, 1.54) is 11.1 Å². The number of hydrogen-bond acceptors (Lipinski definition) is 0. The van der Waals surface area contributed by atoms with Crippen molar-refractivity contribution in [3.63, 3.8) is 0 Å². The Labute approximate surface area is 312 Å². The lowest BCUT2D eigenvalue weighted by atomic mass is 9.99. The summed E-state index contributed by atoms with van der Waals surface area (Å²) in [5.74, 6) is 0. The molecular formula is C50H30N4. The fraction of sp³-hybridized carbons (Fsp3) is 0. The Morgan fingerprint density at radius 2 is 0.852 bits per heavy atom. The van der Waals surface area contributed by atoms with Crippen LogP contribution in [-0.4, -0.2) is 9.13 Å². The van der Waals surface area contributed by atoms with Crippen LogP contribution in [-0.2, 0) is 0 Å². The van der Waals surface area contributed by atoms with Crippen LogP contribution in [0.4, 0.5) is 11.4 Å².